The summed E-state index contributed by atoms with van der Waals surface area (Å²) in [7, 11) is 0. The number of aromatic amines is 2. The molecular weight excluding hydrogens is 470 g/mol. The Labute approximate surface area is 213 Å². The minimum Gasteiger partial charge on any atom is -0.493 e. The van der Waals surface area contributed by atoms with E-state index in [9.17, 15) is 19.5 Å². The Morgan fingerprint density at radius 3 is 2.43 bits per heavy atom. The van der Waals surface area contributed by atoms with Gasteiger partial charge in [-0.3, -0.25) is 19.6 Å². The van der Waals surface area contributed by atoms with Crippen LogP contribution < -0.4 is 11.0 Å². The van der Waals surface area contributed by atoms with Crippen LogP contribution in [-0.2, 0) is 4.79 Å². The maximum Gasteiger partial charge on any atom is 0.326 e. The van der Waals surface area contributed by atoms with Crippen LogP contribution in [0.4, 0.5) is 0 Å². The van der Waals surface area contributed by atoms with Crippen molar-refractivity contribution in [1.29, 1.82) is 0 Å². The second-order valence-corrected chi connectivity index (χ2v) is 9.54. The van der Waals surface area contributed by atoms with Gasteiger partial charge in [0.25, 0.3) is 5.91 Å². The van der Waals surface area contributed by atoms with Crippen molar-refractivity contribution in [2.24, 2.45) is 5.92 Å². The standard InChI is InChI=1S/C28H29N5O4/c1-16-15-22(21-5-3-4-6-23(21)29-16)18-7-9-20(10-8-18)26(35)30-24(25-27(36)32-28(37)31-25)19-11-13-33(14-12-19)17(2)34/h3-10,15,19,24,36H,11-14H2,1-2H3,(H,30,35)(H2,31,32,37). The molecule has 1 fully saturated rings. The largest absolute Gasteiger partial charge is 0.493 e. The summed E-state index contributed by atoms with van der Waals surface area (Å²) in [4.78, 5) is 48.2. The second kappa shape index (κ2) is 9.93. The monoisotopic (exact) mass is 499 g/mol. The summed E-state index contributed by atoms with van der Waals surface area (Å²) in [6, 6.07) is 16.7. The summed E-state index contributed by atoms with van der Waals surface area (Å²) < 4.78 is 0. The van der Waals surface area contributed by atoms with Crippen LogP contribution in [0.25, 0.3) is 22.0 Å². The molecule has 0 aliphatic carbocycles. The molecule has 9 heteroatoms. The van der Waals surface area contributed by atoms with E-state index in [0.29, 0.717) is 31.5 Å². The number of rotatable bonds is 5. The van der Waals surface area contributed by atoms with Gasteiger partial charge in [-0.05, 0) is 61.1 Å². The molecule has 1 aliphatic rings. The van der Waals surface area contributed by atoms with E-state index in [1.807, 2.05) is 49.4 Å². The molecule has 1 unspecified atom stereocenters. The number of hydrogen-bond donors (Lipinski definition) is 4. The fourth-order valence-corrected chi connectivity index (χ4v) is 5.16. The van der Waals surface area contributed by atoms with Crippen LogP contribution in [0.15, 0.2) is 59.4 Å². The lowest BCUT2D eigenvalue weighted by atomic mass is 9.87. The van der Waals surface area contributed by atoms with Crippen molar-refractivity contribution in [2.75, 3.05) is 13.1 Å². The van der Waals surface area contributed by atoms with Gasteiger partial charge < -0.3 is 20.3 Å². The first-order chi connectivity index (χ1) is 17.8. The third-order valence-corrected chi connectivity index (χ3v) is 7.09. The number of para-hydroxylation sites is 1. The van der Waals surface area contributed by atoms with Crippen molar-refractivity contribution in [2.45, 2.75) is 32.7 Å². The maximum atomic E-state index is 13.3. The summed E-state index contributed by atoms with van der Waals surface area (Å²) in [6.07, 6.45) is 1.26. The third-order valence-electron chi connectivity index (χ3n) is 7.09. The number of likely N-dealkylation sites (tertiary alicyclic amines) is 1. The van der Waals surface area contributed by atoms with Crippen LogP contribution >= 0.6 is 0 Å². The fourth-order valence-electron chi connectivity index (χ4n) is 5.16. The Bertz CT molecular complexity index is 1510. The van der Waals surface area contributed by atoms with Crippen molar-refractivity contribution in [3.63, 3.8) is 0 Å². The molecule has 2 aromatic carbocycles. The summed E-state index contributed by atoms with van der Waals surface area (Å²) in [5, 5.41) is 14.4. The molecule has 0 spiro atoms. The number of aryl methyl sites for hydroxylation is 1. The first-order valence-corrected chi connectivity index (χ1v) is 12.3. The van der Waals surface area contributed by atoms with E-state index in [1.54, 1.807) is 17.0 Å². The number of fused-ring (bicyclic) bond motifs is 1. The van der Waals surface area contributed by atoms with Crippen LogP contribution in [-0.4, -0.2) is 49.9 Å². The molecule has 0 bridgehead atoms. The molecule has 5 rings (SSSR count). The van der Waals surface area contributed by atoms with E-state index in [0.717, 1.165) is 27.7 Å². The van der Waals surface area contributed by atoms with Crippen LogP contribution in [0.3, 0.4) is 0 Å². The van der Waals surface area contributed by atoms with Gasteiger partial charge in [0.1, 0.15) is 5.69 Å². The van der Waals surface area contributed by atoms with Gasteiger partial charge in [0, 0.05) is 36.7 Å². The molecule has 9 nitrogen and oxygen atoms in total. The average Bonchev–Trinajstić information content (AvgIpc) is 3.24. The highest BCUT2D eigenvalue weighted by Crippen LogP contribution is 2.33. The van der Waals surface area contributed by atoms with E-state index in [1.165, 1.54) is 6.92 Å². The SMILES string of the molecule is CC(=O)N1CCC(C(NC(=O)c2ccc(-c3cc(C)nc4ccccc34)cc2)c2[nH]c(=O)[nH]c2O)CC1. The highest BCUT2D eigenvalue weighted by atomic mass is 16.3. The maximum absolute atomic E-state index is 13.3. The molecule has 2 aromatic heterocycles. The van der Waals surface area contributed by atoms with Gasteiger partial charge in [-0.25, -0.2) is 4.79 Å². The van der Waals surface area contributed by atoms with Crippen molar-refractivity contribution in [3.8, 4) is 17.0 Å². The molecule has 0 saturated carbocycles. The van der Waals surface area contributed by atoms with Crippen molar-refractivity contribution < 1.29 is 14.7 Å². The molecule has 3 heterocycles. The molecule has 37 heavy (non-hydrogen) atoms. The topological polar surface area (TPSA) is 131 Å². The summed E-state index contributed by atoms with van der Waals surface area (Å²) in [5.41, 5.74) is 4.00. The predicted octanol–water partition coefficient (Wildman–Crippen LogP) is 3.66. The lowest BCUT2D eigenvalue weighted by Gasteiger charge is -2.35. The average molecular weight is 500 g/mol. The number of carbonyl (C=O) groups excluding carboxylic acids is 2. The van der Waals surface area contributed by atoms with Crippen LogP contribution in [0.1, 0.15) is 47.6 Å². The first kappa shape index (κ1) is 24.3. The number of aromatic nitrogens is 3. The zero-order chi connectivity index (χ0) is 26.1. The molecular formula is C28H29N5O4. The number of hydrogen-bond acceptors (Lipinski definition) is 5. The zero-order valence-electron chi connectivity index (χ0n) is 20.7. The van der Waals surface area contributed by atoms with Crippen LogP contribution in [0.5, 0.6) is 5.88 Å². The van der Waals surface area contributed by atoms with E-state index in [2.05, 4.69) is 20.3 Å². The van der Waals surface area contributed by atoms with E-state index in [-0.39, 0.29) is 29.3 Å². The Balaban J connectivity index is 1.40. The molecule has 4 N–H and O–H groups in total. The zero-order valence-corrected chi connectivity index (χ0v) is 20.7. The Kier molecular flexibility index (Phi) is 6.52. The highest BCUT2D eigenvalue weighted by Gasteiger charge is 2.33. The fraction of sp³-hybridized carbons (Fsp3) is 0.286. The number of pyridine rings is 1. The Morgan fingerprint density at radius 1 is 1.08 bits per heavy atom. The quantitative estimate of drug-likeness (QED) is 0.333. The number of nitrogens with one attached hydrogen (secondary N) is 3. The van der Waals surface area contributed by atoms with E-state index < -0.39 is 11.7 Å². The second-order valence-electron chi connectivity index (χ2n) is 9.54. The minimum absolute atomic E-state index is 0.00851. The third kappa shape index (κ3) is 4.97. The Hall–Kier alpha value is -4.40. The summed E-state index contributed by atoms with van der Waals surface area (Å²) in [6.45, 7) is 4.60. The Morgan fingerprint density at radius 2 is 1.78 bits per heavy atom. The summed E-state index contributed by atoms with van der Waals surface area (Å²) >= 11 is 0. The molecule has 2 amide bonds. The smallest absolute Gasteiger partial charge is 0.326 e. The van der Waals surface area contributed by atoms with Gasteiger partial charge >= 0.3 is 5.69 Å². The van der Waals surface area contributed by atoms with Gasteiger partial charge in [-0.15, -0.1) is 0 Å². The number of H-pyrrole nitrogens is 2. The van der Waals surface area contributed by atoms with E-state index >= 15 is 0 Å². The molecule has 1 atom stereocenters. The number of imidazole rings is 1. The highest BCUT2D eigenvalue weighted by molar-refractivity contribution is 5.97. The molecule has 4 aromatic rings. The van der Waals surface area contributed by atoms with Gasteiger partial charge in [-0.2, -0.15) is 0 Å². The molecule has 1 aliphatic heterocycles. The summed E-state index contributed by atoms with van der Waals surface area (Å²) in [5.74, 6) is -0.668. The van der Waals surface area contributed by atoms with Gasteiger partial charge in [-0.1, -0.05) is 30.3 Å². The lowest BCUT2D eigenvalue weighted by Crippen LogP contribution is -2.42. The first-order valence-electron chi connectivity index (χ1n) is 12.3. The number of nitrogens with zero attached hydrogens (tertiary/aromatic N) is 2. The van der Waals surface area contributed by atoms with Crippen LogP contribution in [0, 0.1) is 12.8 Å². The van der Waals surface area contributed by atoms with Gasteiger partial charge in [0.15, 0.2) is 0 Å². The normalized spacial score (nSPS) is 15.0. The molecule has 1 saturated heterocycles. The lowest BCUT2D eigenvalue weighted by molar-refractivity contribution is -0.130. The van der Waals surface area contributed by atoms with Gasteiger partial charge in [0.2, 0.25) is 11.8 Å². The number of aromatic hydroxyl groups is 1. The number of amides is 2. The van der Waals surface area contributed by atoms with Crippen molar-refractivity contribution in [3.05, 3.63) is 82.0 Å². The van der Waals surface area contributed by atoms with Gasteiger partial charge in [0.05, 0.1) is 11.6 Å². The minimum atomic E-state index is -0.618. The van der Waals surface area contributed by atoms with E-state index in [4.69, 9.17) is 0 Å². The number of carbonyl (C=O) groups is 2. The molecule has 190 valence electrons. The number of benzene rings is 2. The number of piperidine rings is 1. The van der Waals surface area contributed by atoms with Crippen LogP contribution in [0.2, 0.25) is 0 Å². The van der Waals surface area contributed by atoms with Crippen molar-refractivity contribution >= 4 is 22.7 Å². The molecule has 0 radical (unpaired) electrons. The van der Waals surface area contributed by atoms with Crippen molar-refractivity contribution in [1.82, 2.24) is 25.2 Å². The predicted molar refractivity (Wildman–Crippen MR) is 140 cm³/mol.